The first-order valence-corrected chi connectivity index (χ1v) is 9.47. The van der Waals surface area contributed by atoms with Crippen LogP contribution in [0, 0.1) is 11.8 Å². The van der Waals surface area contributed by atoms with E-state index in [1.807, 2.05) is 44.2 Å². The van der Waals surface area contributed by atoms with E-state index in [0.717, 1.165) is 12.0 Å². The number of primary amides is 1. The third kappa shape index (κ3) is 5.98. The highest BCUT2D eigenvalue weighted by atomic mass is 16.5. The minimum Gasteiger partial charge on any atom is -0.445 e. The number of carbonyl (C=O) groups excluding carboxylic acids is 3. The van der Waals surface area contributed by atoms with Crippen LogP contribution < -0.4 is 11.1 Å². The van der Waals surface area contributed by atoms with Gasteiger partial charge in [-0.2, -0.15) is 0 Å². The fraction of sp³-hybridized carbons (Fsp3) is 0.550. The van der Waals surface area contributed by atoms with Gasteiger partial charge in [0, 0.05) is 19.0 Å². The number of likely N-dealkylation sites (tertiary alicyclic amines) is 1. The molecule has 1 heterocycles. The molecule has 0 saturated carbocycles. The standard InChI is InChI=1S/C20H29N3O4/c1-3-14(2)17(19(25)23-11-9-16(10-12-23)18(21)24)22-20(26)27-13-15-7-5-4-6-8-15/h4-8,14,16-17H,3,9-13H2,1-2H3,(H2,21,24)(H,22,26)/t14-,17-/m0/s1. The third-order valence-corrected chi connectivity index (χ3v) is 5.17. The highest BCUT2D eigenvalue weighted by Crippen LogP contribution is 2.19. The zero-order chi connectivity index (χ0) is 19.8. The molecule has 7 nitrogen and oxygen atoms in total. The summed E-state index contributed by atoms with van der Waals surface area (Å²) < 4.78 is 5.26. The molecule has 1 saturated heterocycles. The van der Waals surface area contributed by atoms with E-state index in [1.165, 1.54) is 0 Å². The minimum atomic E-state index is -0.650. The summed E-state index contributed by atoms with van der Waals surface area (Å²) in [6.45, 7) is 5.00. The van der Waals surface area contributed by atoms with Crippen molar-refractivity contribution >= 4 is 17.9 Å². The molecule has 1 fully saturated rings. The summed E-state index contributed by atoms with van der Waals surface area (Å²) in [5.74, 6) is -0.664. The second kappa shape index (κ2) is 9.94. The van der Waals surface area contributed by atoms with Crippen molar-refractivity contribution < 1.29 is 19.1 Å². The van der Waals surface area contributed by atoms with Gasteiger partial charge in [0.15, 0.2) is 0 Å². The molecule has 0 spiro atoms. The van der Waals surface area contributed by atoms with Crippen molar-refractivity contribution in [3.8, 4) is 0 Å². The number of amides is 3. The average Bonchev–Trinajstić information content (AvgIpc) is 2.70. The largest absolute Gasteiger partial charge is 0.445 e. The van der Waals surface area contributed by atoms with Crippen LogP contribution in [-0.4, -0.2) is 41.9 Å². The maximum atomic E-state index is 12.9. The molecule has 1 aromatic rings. The van der Waals surface area contributed by atoms with E-state index in [0.29, 0.717) is 25.9 Å². The van der Waals surface area contributed by atoms with Gasteiger partial charge in [0.2, 0.25) is 11.8 Å². The number of rotatable bonds is 7. The van der Waals surface area contributed by atoms with Gasteiger partial charge in [-0.25, -0.2) is 4.79 Å². The van der Waals surface area contributed by atoms with Crippen LogP contribution in [0.2, 0.25) is 0 Å². The Morgan fingerprint density at radius 2 is 1.85 bits per heavy atom. The van der Waals surface area contributed by atoms with E-state index < -0.39 is 12.1 Å². The smallest absolute Gasteiger partial charge is 0.408 e. The predicted octanol–water partition coefficient (Wildman–Crippen LogP) is 2.05. The van der Waals surface area contributed by atoms with Crippen molar-refractivity contribution in [3.63, 3.8) is 0 Å². The van der Waals surface area contributed by atoms with Crippen molar-refractivity contribution in [2.75, 3.05) is 13.1 Å². The zero-order valence-electron chi connectivity index (χ0n) is 16.0. The Balaban J connectivity index is 1.93. The van der Waals surface area contributed by atoms with E-state index in [2.05, 4.69) is 5.32 Å². The summed E-state index contributed by atoms with van der Waals surface area (Å²) in [4.78, 5) is 38.1. The van der Waals surface area contributed by atoms with Crippen LogP contribution in [0.3, 0.4) is 0 Å². The van der Waals surface area contributed by atoms with Crippen LogP contribution in [0.1, 0.15) is 38.7 Å². The first-order chi connectivity index (χ1) is 12.9. The Morgan fingerprint density at radius 1 is 1.22 bits per heavy atom. The number of piperidine rings is 1. The lowest BCUT2D eigenvalue weighted by Gasteiger charge is -2.34. The quantitative estimate of drug-likeness (QED) is 0.761. The SMILES string of the molecule is CC[C@H](C)[C@H](NC(=O)OCc1ccccc1)C(=O)N1CCC(C(N)=O)CC1. The Kier molecular flexibility index (Phi) is 7.64. The molecular weight excluding hydrogens is 346 g/mol. The first kappa shape index (κ1) is 20.7. The van der Waals surface area contributed by atoms with Gasteiger partial charge in [-0.05, 0) is 24.3 Å². The van der Waals surface area contributed by atoms with Gasteiger partial charge < -0.3 is 20.7 Å². The van der Waals surface area contributed by atoms with Crippen molar-refractivity contribution in [3.05, 3.63) is 35.9 Å². The fourth-order valence-electron chi connectivity index (χ4n) is 3.16. The molecule has 1 aliphatic rings. The maximum Gasteiger partial charge on any atom is 0.408 e. The van der Waals surface area contributed by atoms with E-state index >= 15 is 0 Å². The maximum absolute atomic E-state index is 12.9. The lowest BCUT2D eigenvalue weighted by Crippen LogP contribution is -2.54. The molecule has 148 valence electrons. The van der Waals surface area contributed by atoms with Crippen molar-refractivity contribution in [1.82, 2.24) is 10.2 Å². The fourth-order valence-corrected chi connectivity index (χ4v) is 3.16. The first-order valence-electron chi connectivity index (χ1n) is 9.47. The molecule has 0 aromatic heterocycles. The van der Waals surface area contributed by atoms with Crippen LogP contribution in [0.4, 0.5) is 4.79 Å². The molecule has 27 heavy (non-hydrogen) atoms. The zero-order valence-corrected chi connectivity index (χ0v) is 16.0. The lowest BCUT2D eigenvalue weighted by atomic mass is 9.93. The molecule has 2 rings (SSSR count). The highest BCUT2D eigenvalue weighted by molar-refractivity contribution is 5.86. The molecule has 3 amide bonds. The van der Waals surface area contributed by atoms with Gasteiger partial charge in [0.05, 0.1) is 0 Å². The topological polar surface area (TPSA) is 102 Å². The van der Waals surface area contributed by atoms with Gasteiger partial charge >= 0.3 is 6.09 Å². The van der Waals surface area contributed by atoms with E-state index in [4.69, 9.17) is 10.5 Å². The summed E-state index contributed by atoms with van der Waals surface area (Å²) in [5, 5.41) is 2.73. The second-order valence-electron chi connectivity index (χ2n) is 7.07. The molecule has 0 bridgehead atoms. The Morgan fingerprint density at radius 3 is 2.41 bits per heavy atom. The number of nitrogens with zero attached hydrogens (tertiary/aromatic N) is 1. The number of alkyl carbamates (subject to hydrolysis) is 1. The average molecular weight is 375 g/mol. The summed E-state index contributed by atoms with van der Waals surface area (Å²) in [6.07, 6.45) is 1.26. The molecule has 0 aliphatic carbocycles. The van der Waals surface area contributed by atoms with Crippen LogP contribution >= 0.6 is 0 Å². The molecule has 7 heteroatoms. The summed E-state index contributed by atoms with van der Waals surface area (Å²) in [5.41, 5.74) is 6.23. The van der Waals surface area contributed by atoms with E-state index in [-0.39, 0.29) is 30.3 Å². The number of benzene rings is 1. The molecule has 0 unspecified atom stereocenters. The van der Waals surface area contributed by atoms with Gasteiger partial charge in [0.1, 0.15) is 12.6 Å². The number of hydrogen-bond acceptors (Lipinski definition) is 4. The number of hydrogen-bond donors (Lipinski definition) is 2. The van der Waals surface area contributed by atoms with Crippen LogP contribution in [0.15, 0.2) is 30.3 Å². The summed E-state index contributed by atoms with van der Waals surface area (Å²) in [6, 6.07) is 8.72. The molecule has 1 aromatic carbocycles. The number of nitrogens with two attached hydrogens (primary N) is 1. The third-order valence-electron chi connectivity index (χ3n) is 5.17. The lowest BCUT2D eigenvalue weighted by molar-refractivity contribution is -0.137. The Bertz CT molecular complexity index is 642. The van der Waals surface area contributed by atoms with Crippen LogP contribution in [0.25, 0.3) is 0 Å². The van der Waals surface area contributed by atoms with Crippen LogP contribution in [0.5, 0.6) is 0 Å². The number of carbonyl (C=O) groups is 3. The predicted molar refractivity (Wildman–Crippen MR) is 102 cm³/mol. The summed E-state index contributed by atoms with van der Waals surface area (Å²) in [7, 11) is 0. The van der Waals surface area contributed by atoms with E-state index in [9.17, 15) is 14.4 Å². The Hall–Kier alpha value is -2.57. The van der Waals surface area contributed by atoms with Gasteiger partial charge in [-0.1, -0.05) is 50.6 Å². The second-order valence-corrected chi connectivity index (χ2v) is 7.07. The van der Waals surface area contributed by atoms with Gasteiger partial charge in [-0.15, -0.1) is 0 Å². The normalized spacial score (nSPS) is 17.0. The van der Waals surface area contributed by atoms with Crippen molar-refractivity contribution in [2.45, 2.75) is 45.8 Å². The Labute approximate surface area is 160 Å². The van der Waals surface area contributed by atoms with Gasteiger partial charge in [0.25, 0.3) is 0 Å². The molecule has 2 atom stereocenters. The molecule has 3 N–H and O–H groups in total. The number of nitrogens with one attached hydrogen (secondary N) is 1. The molecule has 1 aliphatic heterocycles. The minimum absolute atomic E-state index is 0.0318. The number of ether oxygens (including phenoxy) is 1. The molecular formula is C20H29N3O4. The van der Waals surface area contributed by atoms with Crippen molar-refractivity contribution in [2.24, 2.45) is 17.6 Å². The van der Waals surface area contributed by atoms with Crippen LogP contribution in [-0.2, 0) is 20.9 Å². The van der Waals surface area contributed by atoms with Gasteiger partial charge in [-0.3, -0.25) is 9.59 Å². The van der Waals surface area contributed by atoms with Crippen molar-refractivity contribution in [1.29, 1.82) is 0 Å². The van der Waals surface area contributed by atoms with E-state index in [1.54, 1.807) is 4.90 Å². The monoisotopic (exact) mass is 375 g/mol. The highest BCUT2D eigenvalue weighted by Gasteiger charge is 2.33. The summed E-state index contributed by atoms with van der Waals surface area (Å²) >= 11 is 0. The molecule has 0 radical (unpaired) electrons.